The Morgan fingerprint density at radius 2 is 1.19 bits per heavy atom. The van der Waals surface area contributed by atoms with Gasteiger partial charge in [0.05, 0.1) is 18.7 Å². The van der Waals surface area contributed by atoms with Gasteiger partial charge in [0.2, 0.25) is 88.6 Å². The predicted molar refractivity (Wildman–Crippen MR) is 505 cm³/mol. The van der Waals surface area contributed by atoms with Crippen LogP contribution in [0, 0.1) is 12.8 Å². The van der Waals surface area contributed by atoms with Crippen molar-refractivity contribution in [2.75, 3.05) is 77.2 Å². The number of carbonyl (C=O) groups excluding carboxylic acids is 15. The van der Waals surface area contributed by atoms with Crippen molar-refractivity contribution >= 4 is 156 Å². The number of fused-ring (bicyclic) bond motifs is 7. The van der Waals surface area contributed by atoms with Crippen LogP contribution in [-0.4, -0.2) is 298 Å². The Morgan fingerprint density at radius 1 is 0.593 bits per heavy atom. The Kier molecular flexibility index (Phi) is 35.6. The molecule has 0 bridgehead atoms. The number of phenols is 1. The van der Waals surface area contributed by atoms with Gasteiger partial charge < -0.3 is 114 Å². The number of hydrogen-bond donors (Lipinski definition) is 16. The van der Waals surface area contributed by atoms with E-state index in [1.54, 1.807) is 60.9 Å². The van der Waals surface area contributed by atoms with Crippen LogP contribution < -0.4 is 64.6 Å². The highest BCUT2D eigenvalue weighted by Gasteiger charge is 2.44. The first-order chi connectivity index (χ1) is 64.6. The predicted octanol–water partition coefficient (Wildman–Crippen LogP) is 1.90. The number of aromatic nitrogens is 5. The molecule has 724 valence electrons. The summed E-state index contributed by atoms with van der Waals surface area (Å²) in [6.45, 7) is 8.36. The van der Waals surface area contributed by atoms with Gasteiger partial charge >= 0.3 is 5.97 Å². The molecule has 0 saturated carbocycles. The molecule has 0 spiro atoms. The van der Waals surface area contributed by atoms with Gasteiger partial charge in [-0.2, -0.15) is 11.8 Å². The first-order valence-corrected chi connectivity index (χ1v) is 46.9. The van der Waals surface area contributed by atoms with Crippen LogP contribution >= 0.6 is 11.8 Å². The van der Waals surface area contributed by atoms with Gasteiger partial charge in [-0.05, 0) is 118 Å². The van der Waals surface area contributed by atoms with E-state index >= 15 is 28.8 Å². The van der Waals surface area contributed by atoms with E-state index in [1.165, 1.54) is 77.9 Å². The van der Waals surface area contributed by atoms with E-state index < -0.39 is 200 Å². The summed E-state index contributed by atoms with van der Waals surface area (Å²) in [5, 5.41) is 50.2. The minimum absolute atomic E-state index is 0.00870. The quantitative estimate of drug-likeness (QED) is 0.0461. The number of rotatable bonds is 22. The highest BCUT2D eigenvalue weighted by Crippen LogP contribution is 2.31. The fourth-order valence-corrected chi connectivity index (χ4v) is 18.1. The van der Waals surface area contributed by atoms with Crippen LogP contribution in [0.15, 0.2) is 110 Å². The van der Waals surface area contributed by atoms with Crippen molar-refractivity contribution in [1.29, 1.82) is 0 Å². The molecular weight excluding hydrogens is 1760 g/mol. The largest absolute Gasteiger partial charge is 0.508 e. The number of primary amides is 1. The zero-order valence-corrected chi connectivity index (χ0v) is 78.3. The van der Waals surface area contributed by atoms with E-state index in [0.29, 0.717) is 80.7 Å². The number of aliphatic carboxylic acids is 1. The number of anilines is 1. The molecule has 18 N–H and O–H groups in total. The van der Waals surface area contributed by atoms with Gasteiger partial charge in [0, 0.05) is 124 Å². The lowest BCUT2D eigenvalue weighted by Gasteiger charge is -2.36. The average molecular weight is 1880 g/mol. The molecule has 135 heavy (non-hydrogen) atoms. The molecule has 12 atom stereocenters. The summed E-state index contributed by atoms with van der Waals surface area (Å²) in [5.74, 6) is -13.7. The van der Waals surface area contributed by atoms with Gasteiger partial charge in [-0.3, -0.25) is 76.7 Å². The molecule has 4 aromatic heterocycles. The number of aryl methyl sites for hydroxylation is 1. The van der Waals surface area contributed by atoms with Crippen LogP contribution in [0.1, 0.15) is 134 Å². The van der Waals surface area contributed by atoms with E-state index in [-0.39, 0.29) is 113 Å². The number of aromatic hydroxyl groups is 1. The van der Waals surface area contributed by atoms with Crippen molar-refractivity contribution in [1.82, 2.24) is 96.9 Å². The van der Waals surface area contributed by atoms with E-state index in [2.05, 4.69) is 73.1 Å². The number of amides is 15. The van der Waals surface area contributed by atoms with Crippen molar-refractivity contribution in [3.8, 4) is 5.75 Å². The number of H-pyrrole nitrogens is 2. The number of para-hydroxylation sites is 2. The number of carboxylic acids is 1. The highest BCUT2D eigenvalue weighted by atomic mass is 32.2. The number of unbranched alkanes of at least 4 members (excludes halogenated alkanes) is 2. The maximum atomic E-state index is 15.8. The molecule has 4 aromatic carbocycles. The number of carboxylic acid groups (broad SMARTS) is 1. The van der Waals surface area contributed by atoms with Gasteiger partial charge in [-0.25, -0.2) is 9.97 Å². The number of nitrogens with zero attached hydrogens (tertiary/aromatic N) is 8. The Balaban J connectivity index is 0.922. The summed E-state index contributed by atoms with van der Waals surface area (Å²) in [4.78, 5) is 256. The molecule has 3 aliphatic heterocycles. The minimum Gasteiger partial charge on any atom is -0.508 e. The highest BCUT2D eigenvalue weighted by molar-refractivity contribution is 7.99. The van der Waals surface area contributed by atoms with E-state index in [1.807, 2.05) is 52.8 Å². The number of likely N-dealkylation sites (N-methyl/N-ethyl adjacent to an activating group) is 3. The van der Waals surface area contributed by atoms with Gasteiger partial charge in [0.15, 0.2) is 5.82 Å². The SMILES string of the molecule is CCCC[C@H]1C(=O)N(C)[C@@H](CCCC)C(=O)N[C@@H](CC(C)C)C(=O)NCCSCC(=O)N[C@@H](Cc2ccc(O)cc2)C(=O)N(C)[C@@H](C)C(=O)N[C@@H](CC(N)=O)C(=O)N2CCCC2C(=O)N[C@@H](CNc2ncnc3c2[nH]c2ccc(C)cc23)C(=O)NCC(=O)N2CCCC2C(=O)N[C@@H](Cc2c[nH]c3ccccc23)C(=O)N[C@@H](CN)C(=O)N[C@@H](Cc2cn(CC(=O)O)c3ccccc23)C(=O)N1C. The Morgan fingerprint density at radius 3 is 1.88 bits per heavy atom. The second-order valence-corrected chi connectivity index (χ2v) is 36.3. The molecule has 40 nitrogen and oxygen atoms in total. The van der Waals surface area contributed by atoms with Crippen LogP contribution in [0.4, 0.5) is 5.82 Å². The second-order valence-electron chi connectivity index (χ2n) is 35.2. The first kappa shape index (κ1) is 102. The monoisotopic (exact) mass is 1880 g/mol. The molecule has 3 fully saturated rings. The van der Waals surface area contributed by atoms with Crippen molar-refractivity contribution < 1.29 is 86.9 Å². The third kappa shape index (κ3) is 26.0. The molecule has 15 amide bonds. The lowest BCUT2D eigenvalue weighted by atomic mass is 9.99. The molecule has 3 aliphatic rings. The molecule has 0 radical (unpaired) electrons. The fraction of sp³-hybridized carbons (Fsp3) is 0.489. The summed E-state index contributed by atoms with van der Waals surface area (Å²) >= 11 is 1.09. The second kappa shape index (κ2) is 47.3. The molecule has 2 unspecified atom stereocenters. The van der Waals surface area contributed by atoms with Crippen molar-refractivity contribution in [2.24, 2.45) is 17.4 Å². The van der Waals surface area contributed by atoms with Crippen LogP contribution in [0.2, 0.25) is 0 Å². The van der Waals surface area contributed by atoms with Gasteiger partial charge in [0.1, 0.15) is 102 Å². The topological polar surface area (TPSA) is 564 Å². The van der Waals surface area contributed by atoms with Crippen LogP contribution in [0.25, 0.3) is 43.7 Å². The molecule has 0 aliphatic carbocycles. The van der Waals surface area contributed by atoms with Crippen LogP contribution in [0.3, 0.4) is 0 Å². The van der Waals surface area contributed by atoms with E-state index in [9.17, 15) is 58.2 Å². The molecule has 41 heteroatoms. The van der Waals surface area contributed by atoms with Gasteiger partial charge in [-0.1, -0.05) is 114 Å². The molecule has 11 rings (SSSR count). The van der Waals surface area contributed by atoms with Crippen molar-refractivity contribution in [3.05, 3.63) is 132 Å². The van der Waals surface area contributed by atoms with E-state index in [4.69, 9.17) is 11.5 Å². The van der Waals surface area contributed by atoms with Crippen LogP contribution in [0.5, 0.6) is 5.75 Å². The third-order valence-corrected chi connectivity index (χ3v) is 25.9. The van der Waals surface area contributed by atoms with E-state index in [0.717, 1.165) is 32.5 Å². The summed E-state index contributed by atoms with van der Waals surface area (Å²) in [5.41, 5.74) is 17.4. The van der Waals surface area contributed by atoms with Crippen LogP contribution in [-0.2, 0) is 103 Å². The number of phenolic OH excluding ortho intramolecular Hbond substituents is 1. The van der Waals surface area contributed by atoms with Crippen molar-refractivity contribution in [3.63, 3.8) is 0 Å². The smallest absolute Gasteiger partial charge is 0.323 e. The molecule has 3 saturated heterocycles. The normalized spacial score (nSPS) is 23.3. The minimum atomic E-state index is -1.73. The molecule has 7 heterocycles. The number of carbonyl (C=O) groups is 16. The number of hydrogen-bond acceptors (Lipinski definition) is 22. The zero-order chi connectivity index (χ0) is 97.6. The van der Waals surface area contributed by atoms with Gasteiger partial charge in [-0.15, -0.1) is 0 Å². The first-order valence-electron chi connectivity index (χ1n) is 45.8. The Bertz CT molecular complexity index is 5680. The number of benzene rings is 4. The number of nitrogens with one attached hydrogen (secondary N) is 12. The Hall–Kier alpha value is -13.7. The third-order valence-electron chi connectivity index (χ3n) is 24.9. The Labute approximate surface area is 784 Å². The lowest BCUT2D eigenvalue weighted by molar-refractivity contribution is -0.149. The van der Waals surface area contributed by atoms with Crippen molar-refractivity contribution in [2.45, 2.75) is 217 Å². The maximum Gasteiger partial charge on any atom is 0.323 e. The molecule has 8 aromatic rings. The summed E-state index contributed by atoms with van der Waals surface area (Å²) in [6.07, 6.45) is 5.84. The lowest BCUT2D eigenvalue weighted by Crippen LogP contribution is -2.62. The number of aromatic amines is 2. The standard InChI is InChI=1S/C94H124N22O18S/c1-10-12-23-72-88(128)105-64(38-52(3)4)84(124)97-34-37-135-50-77(119)103-66(40-55-29-31-58(117)32-30-55)91(131)111(7)54(6)83(123)107-68(43-76(96)118)93(133)116-36-19-27-74(116)90(130)110-70(46-99-82-81-80(101-51-102-82)61-39-53(5)28-33-63(61)104-81)85(125)100-47-78(120)115-35-18-26-73(115)89(129)106-65(41-56-45-98-62-22-16-14-20-59(56)62)86(126)109-69(44-95)87(127)108-67(92(132)113(9)75(24-13-11-2)94(134)112(72)8)42-57-48-114(49-79(121)122)71-25-17-15-21-60(57)71/h14-17,20-22,25,28-33,39,45,48,51-52,54,64-70,72-75,98,104,117H,10-13,18-19,23-24,26-27,34-38,40-44,46-47,49-50,95H2,1-9H3,(H2,96,118)(H,97,124)(H,100,125)(H,103,119)(H,105,128)(H,106,129)(H,107,123)(H,108,127)(H,109,126)(H,110,130)(H,121,122)(H,99,101,102)/t54-,64-,65-,66-,67-,68-,69-,70-,72-,73?,74?,75-/m0/s1. The molecular formula is C94H124N22O18S. The fourth-order valence-electron chi connectivity index (χ4n) is 17.5. The summed E-state index contributed by atoms with van der Waals surface area (Å²) < 4.78 is 1.47. The zero-order valence-electron chi connectivity index (χ0n) is 77.4. The summed E-state index contributed by atoms with van der Waals surface area (Å²) in [6, 6.07) is 8.32. The number of nitrogens with two attached hydrogens (primary N) is 2. The average Bonchev–Trinajstić information content (AvgIpc) is 1.63. The maximum absolute atomic E-state index is 15.8. The summed E-state index contributed by atoms with van der Waals surface area (Å²) in [7, 11) is 4.11. The van der Waals surface area contributed by atoms with Gasteiger partial charge in [0.25, 0.3) is 0 Å². The number of thioether (sulfide) groups is 1.